The number of hydrogen-bond donors (Lipinski definition) is 2. The SMILES string of the molecule is COc1cc(OC)cc(C(=O)NC2CCC[C@H](c3nc4ccc(C(F)(F)F)cc4[nH]3)C2)c1. The van der Waals surface area contributed by atoms with Crippen molar-refractivity contribution in [3.05, 3.63) is 53.3 Å². The Bertz CT molecular complexity index is 1100. The summed E-state index contributed by atoms with van der Waals surface area (Å²) in [6.45, 7) is 0. The second kappa shape index (κ2) is 8.72. The Hall–Kier alpha value is -3.23. The molecule has 6 nitrogen and oxygen atoms in total. The summed E-state index contributed by atoms with van der Waals surface area (Å²) in [6, 6.07) is 8.43. The first-order valence-electron chi connectivity index (χ1n) is 10.4. The first-order chi connectivity index (χ1) is 15.3. The Kier molecular flexibility index (Phi) is 5.99. The maximum Gasteiger partial charge on any atom is 0.416 e. The molecule has 4 rings (SSSR count). The van der Waals surface area contributed by atoms with Crippen molar-refractivity contribution in [2.24, 2.45) is 0 Å². The Morgan fingerprint density at radius 3 is 2.47 bits per heavy atom. The first-order valence-corrected chi connectivity index (χ1v) is 10.4. The number of nitrogens with one attached hydrogen (secondary N) is 2. The summed E-state index contributed by atoms with van der Waals surface area (Å²) in [4.78, 5) is 20.4. The van der Waals surface area contributed by atoms with Gasteiger partial charge in [0.1, 0.15) is 17.3 Å². The van der Waals surface area contributed by atoms with Gasteiger partial charge in [0.05, 0.1) is 30.8 Å². The molecule has 32 heavy (non-hydrogen) atoms. The van der Waals surface area contributed by atoms with Crippen LogP contribution in [0.1, 0.15) is 53.3 Å². The van der Waals surface area contributed by atoms with E-state index in [-0.39, 0.29) is 17.9 Å². The summed E-state index contributed by atoms with van der Waals surface area (Å²) in [7, 11) is 3.04. The number of nitrogens with zero attached hydrogens (tertiary/aromatic N) is 1. The molecule has 0 aliphatic heterocycles. The van der Waals surface area contributed by atoms with Crippen LogP contribution in [0.4, 0.5) is 13.2 Å². The molecule has 3 aromatic rings. The number of H-pyrrole nitrogens is 1. The number of hydrogen-bond acceptors (Lipinski definition) is 4. The van der Waals surface area contributed by atoms with Gasteiger partial charge in [-0.2, -0.15) is 13.2 Å². The largest absolute Gasteiger partial charge is 0.497 e. The van der Waals surface area contributed by atoms with Gasteiger partial charge in [-0.25, -0.2) is 4.98 Å². The Balaban J connectivity index is 1.48. The molecule has 2 aromatic carbocycles. The number of aromatic amines is 1. The Morgan fingerprint density at radius 1 is 1.09 bits per heavy atom. The standard InChI is InChI=1S/C23H24F3N3O3/c1-31-17-9-14(10-18(12-17)32-2)22(30)27-16-5-3-4-13(8-16)21-28-19-7-6-15(23(24,25)26)11-20(19)29-21/h6-7,9-13,16H,3-5,8H2,1-2H3,(H,27,30)(H,28,29)/t13-,16?/m0/s1. The van der Waals surface area contributed by atoms with E-state index in [0.717, 1.165) is 31.4 Å². The Morgan fingerprint density at radius 2 is 1.81 bits per heavy atom. The van der Waals surface area contributed by atoms with Gasteiger partial charge in [0, 0.05) is 23.6 Å². The molecule has 2 atom stereocenters. The van der Waals surface area contributed by atoms with E-state index in [1.165, 1.54) is 20.3 Å². The summed E-state index contributed by atoms with van der Waals surface area (Å²) in [6.07, 6.45) is -1.20. The monoisotopic (exact) mass is 447 g/mol. The molecule has 1 heterocycles. The molecule has 1 aromatic heterocycles. The maximum atomic E-state index is 13.0. The van der Waals surface area contributed by atoms with E-state index in [1.807, 2.05) is 0 Å². The van der Waals surface area contributed by atoms with Crippen molar-refractivity contribution in [3.8, 4) is 11.5 Å². The minimum Gasteiger partial charge on any atom is -0.497 e. The predicted molar refractivity (Wildman–Crippen MR) is 113 cm³/mol. The summed E-state index contributed by atoms with van der Waals surface area (Å²) < 4.78 is 49.4. The fraction of sp³-hybridized carbons (Fsp3) is 0.391. The molecule has 1 fully saturated rings. The lowest BCUT2D eigenvalue weighted by atomic mass is 9.85. The number of aromatic nitrogens is 2. The number of amides is 1. The smallest absolute Gasteiger partial charge is 0.416 e. The molecule has 170 valence electrons. The van der Waals surface area contributed by atoms with Gasteiger partial charge in [-0.1, -0.05) is 6.42 Å². The topological polar surface area (TPSA) is 76.2 Å². The van der Waals surface area contributed by atoms with Gasteiger partial charge in [0.15, 0.2) is 0 Å². The van der Waals surface area contributed by atoms with Crippen LogP contribution in [0.5, 0.6) is 11.5 Å². The fourth-order valence-corrected chi connectivity index (χ4v) is 4.18. The highest BCUT2D eigenvalue weighted by Crippen LogP contribution is 2.35. The van der Waals surface area contributed by atoms with Crippen LogP contribution in [0.25, 0.3) is 11.0 Å². The van der Waals surface area contributed by atoms with Crippen molar-refractivity contribution in [1.82, 2.24) is 15.3 Å². The molecule has 0 bridgehead atoms. The molecule has 1 amide bonds. The van der Waals surface area contributed by atoms with Crippen molar-refractivity contribution in [2.45, 2.75) is 43.8 Å². The second-order valence-corrected chi connectivity index (χ2v) is 7.99. The molecule has 2 N–H and O–H groups in total. The van der Waals surface area contributed by atoms with E-state index in [9.17, 15) is 18.0 Å². The normalized spacial score (nSPS) is 19.0. The van der Waals surface area contributed by atoms with Gasteiger partial charge in [0.2, 0.25) is 0 Å². The quantitative estimate of drug-likeness (QED) is 0.574. The zero-order valence-electron chi connectivity index (χ0n) is 17.8. The highest BCUT2D eigenvalue weighted by molar-refractivity contribution is 5.95. The molecular formula is C23H24F3N3O3. The minimum absolute atomic E-state index is 0.0237. The third-order valence-electron chi connectivity index (χ3n) is 5.84. The summed E-state index contributed by atoms with van der Waals surface area (Å²) in [5, 5.41) is 3.06. The number of carbonyl (C=O) groups excluding carboxylic acids is 1. The summed E-state index contributed by atoms with van der Waals surface area (Å²) in [5.74, 6) is 1.50. The van der Waals surface area contributed by atoms with Gasteiger partial charge in [-0.05, 0) is 49.6 Å². The minimum atomic E-state index is -4.40. The van der Waals surface area contributed by atoms with Crippen molar-refractivity contribution in [2.75, 3.05) is 14.2 Å². The molecule has 0 saturated heterocycles. The highest BCUT2D eigenvalue weighted by Gasteiger charge is 2.31. The van der Waals surface area contributed by atoms with Gasteiger partial charge in [-0.3, -0.25) is 4.79 Å². The molecule has 9 heteroatoms. The number of fused-ring (bicyclic) bond motifs is 1. The third kappa shape index (κ3) is 4.66. The van der Waals surface area contributed by atoms with Crippen LogP contribution in [0.2, 0.25) is 0 Å². The number of methoxy groups -OCH3 is 2. The van der Waals surface area contributed by atoms with Gasteiger partial charge in [0.25, 0.3) is 5.91 Å². The van der Waals surface area contributed by atoms with E-state index in [0.29, 0.717) is 40.3 Å². The van der Waals surface area contributed by atoms with Crippen LogP contribution in [0.15, 0.2) is 36.4 Å². The van der Waals surface area contributed by atoms with Gasteiger partial charge >= 0.3 is 6.18 Å². The lowest BCUT2D eigenvalue weighted by molar-refractivity contribution is -0.137. The highest BCUT2D eigenvalue weighted by atomic mass is 19.4. The van der Waals surface area contributed by atoms with Crippen LogP contribution in [-0.4, -0.2) is 36.1 Å². The second-order valence-electron chi connectivity index (χ2n) is 7.99. The van der Waals surface area contributed by atoms with E-state index in [2.05, 4.69) is 15.3 Å². The van der Waals surface area contributed by atoms with Crippen LogP contribution >= 0.6 is 0 Å². The first kappa shape index (κ1) is 22.0. The van der Waals surface area contributed by atoms with Gasteiger partial charge in [-0.15, -0.1) is 0 Å². The maximum absolute atomic E-state index is 13.0. The van der Waals surface area contributed by atoms with Crippen molar-refractivity contribution in [1.29, 1.82) is 0 Å². The van der Waals surface area contributed by atoms with Gasteiger partial charge < -0.3 is 19.8 Å². The van der Waals surface area contributed by atoms with Crippen molar-refractivity contribution >= 4 is 16.9 Å². The van der Waals surface area contributed by atoms with Crippen molar-refractivity contribution in [3.63, 3.8) is 0 Å². The number of benzene rings is 2. The predicted octanol–water partition coefficient (Wildman–Crippen LogP) is 5.06. The number of rotatable bonds is 5. The molecular weight excluding hydrogens is 423 g/mol. The molecule has 1 aliphatic carbocycles. The average molecular weight is 447 g/mol. The van der Waals surface area contributed by atoms with E-state index < -0.39 is 11.7 Å². The number of imidazole rings is 1. The number of carbonyl (C=O) groups is 1. The molecule has 1 unspecified atom stereocenters. The third-order valence-corrected chi connectivity index (χ3v) is 5.84. The number of ether oxygens (including phenoxy) is 2. The zero-order chi connectivity index (χ0) is 22.9. The number of halogens is 3. The molecule has 0 spiro atoms. The summed E-state index contributed by atoms with van der Waals surface area (Å²) >= 11 is 0. The summed E-state index contributed by atoms with van der Waals surface area (Å²) in [5.41, 5.74) is 0.599. The number of alkyl halides is 3. The zero-order valence-corrected chi connectivity index (χ0v) is 17.8. The van der Waals surface area contributed by atoms with E-state index in [1.54, 1.807) is 18.2 Å². The lowest BCUT2D eigenvalue weighted by Gasteiger charge is -2.28. The van der Waals surface area contributed by atoms with Crippen LogP contribution in [-0.2, 0) is 6.18 Å². The fourth-order valence-electron chi connectivity index (χ4n) is 4.18. The Labute approximate surface area is 183 Å². The molecule has 1 saturated carbocycles. The van der Waals surface area contributed by atoms with Crippen LogP contribution in [0, 0.1) is 0 Å². The lowest BCUT2D eigenvalue weighted by Crippen LogP contribution is -2.38. The van der Waals surface area contributed by atoms with Crippen LogP contribution in [0.3, 0.4) is 0 Å². The average Bonchev–Trinajstić information content (AvgIpc) is 3.22. The van der Waals surface area contributed by atoms with E-state index in [4.69, 9.17) is 9.47 Å². The van der Waals surface area contributed by atoms with Crippen molar-refractivity contribution < 1.29 is 27.4 Å². The van der Waals surface area contributed by atoms with E-state index >= 15 is 0 Å². The molecule has 0 radical (unpaired) electrons. The van der Waals surface area contributed by atoms with Crippen LogP contribution < -0.4 is 14.8 Å². The molecule has 1 aliphatic rings.